The highest BCUT2D eigenvalue weighted by molar-refractivity contribution is 6.06. The molecule has 0 saturated heterocycles. The largest absolute Gasteiger partial charge is 0.473 e. The Labute approximate surface area is 179 Å². The number of pyridine rings is 1. The molecular weight excluding hydrogens is 392 g/mol. The van der Waals surface area contributed by atoms with Crippen molar-refractivity contribution in [1.82, 2.24) is 10.3 Å². The van der Waals surface area contributed by atoms with Gasteiger partial charge in [0.2, 0.25) is 12.7 Å². The number of aromatic nitrogens is 1. The van der Waals surface area contributed by atoms with Gasteiger partial charge in [0.05, 0.1) is 11.1 Å². The minimum Gasteiger partial charge on any atom is -0.473 e. The summed E-state index contributed by atoms with van der Waals surface area (Å²) in [4.78, 5) is 17.6. The van der Waals surface area contributed by atoms with Gasteiger partial charge in [-0.25, -0.2) is 4.98 Å². The van der Waals surface area contributed by atoms with E-state index < -0.39 is 0 Å². The fourth-order valence-electron chi connectivity index (χ4n) is 3.47. The summed E-state index contributed by atoms with van der Waals surface area (Å²) in [6, 6.07) is 24.7. The normalized spacial score (nSPS) is 12.0. The minimum atomic E-state index is -0.194. The first-order valence-electron chi connectivity index (χ1n) is 9.99. The molecule has 1 amide bonds. The van der Waals surface area contributed by atoms with Crippen LogP contribution in [0.15, 0.2) is 78.9 Å². The minimum absolute atomic E-state index is 0.194. The van der Waals surface area contributed by atoms with Gasteiger partial charge in [-0.2, -0.15) is 0 Å². The summed E-state index contributed by atoms with van der Waals surface area (Å²) in [6.07, 6.45) is 0. The smallest absolute Gasteiger partial charge is 0.252 e. The van der Waals surface area contributed by atoms with Crippen molar-refractivity contribution in [3.63, 3.8) is 0 Å². The van der Waals surface area contributed by atoms with Crippen molar-refractivity contribution >= 4 is 16.8 Å². The lowest BCUT2D eigenvalue weighted by Gasteiger charge is -2.12. The summed E-state index contributed by atoms with van der Waals surface area (Å²) < 4.78 is 16.6. The molecule has 1 aliphatic rings. The average Bonchev–Trinajstić information content (AvgIpc) is 3.29. The summed E-state index contributed by atoms with van der Waals surface area (Å²) in [5.74, 6) is 1.63. The zero-order valence-electron chi connectivity index (χ0n) is 16.7. The Hall–Kier alpha value is -4.06. The molecule has 5 rings (SSSR count). The Balaban J connectivity index is 1.36. The number of carbonyl (C=O) groups is 1. The van der Waals surface area contributed by atoms with Gasteiger partial charge >= 0.3 is 0 Å². The fraction of sp³-hybridized carbons (Fsp3) is 0.120. The lowest BCUT2D eigenvalue weighted by atomic mass is 10.1. The summed E-state index contributed by atoms with van der Waals surface area (Å²) in [7, 11) is 0. The molecular formula is C25H20N2O4. The van der Waals surface area contributed by atoms with Crippen LogP contribution in [0.1, 0.15) is 21.5 Å². The number of nitrogens with one attached hydrogen (secondary N) is 1. The lowest BCUT2D eigenvalue weighted by Crippen LogP contribution is -2.23. The molecule has 6 heteroatoms. The van der Waals surface area contributed by atoms with Crippen LogP contribution in [0.4, 0.5) is 0 Å². The van der Waals surface area contributed by atoms with Gasteiger partial charge < -0.3 is 19.5 Å². The van der Waals surface area contributed by atoms with Crippen LogP contribution in [0.25, 0.3) is 10.9 Å². The molecule has 0 bridgehead atoms. The third-order valence-electron chi connectivity index (χ3n) is 5.06. The van der Waals surface area contributed by atoms with Gasteiger partial charge in [0.1, 0.15) is 6.61 Å². The summed E-state index contributed by atoms with van der Waals surface area (Å²) in [5.41, 5.74) is 3.19. The van der Waals surface area contributed by atoms with E-state index >= 15 is 0 Å². The Kier molecular flexibility index (Phi) is 5.10. The number of carbonyl (C=O) groups excluding carboxylic acids is 1. The highest BCUT2D eigenvalue weighted by Crippen LogP contribution is 2.32. The molecule has 1 N–H and O–H groups in total. The number of amides is 1. The van der Waals surface area contributed by atoms with Crippen molar-refractivity contribution in [2.45, 2.75) is 13.2 Å². The Morgan fingerprint density at radius 3 is 2.61 bits per heavy atom. The number of para-hydroxylation sites is 1. The molecule has 0 unspecified atom stereocenters. The molecule has 0 saturated carbocycles. The second kappa shape index (κ2) is 8.36. The second-order valence-corrected chi connectivity index (χ2v) is 7.17. The standard InChI is InChI=1S/C25H20N2O4/c28-25(26-14-18-10-11-22-23(12-18)31-16-30-22)20-13-24(27-21-9-5-4-8-19(20)21)29-15-17-6-2-1-3-7-17/h1-13H,14-16H2,(H,26,28). The zero-order valence-corrected chi connectivity index (χ0v) is 16.7. The van der Waals surface area contributed by atoms with Crippen LogP contribution in [0.2, 0.25) is 0 Å². The molecule has 31 heavy (non-hydrogen) atoms. The van der Waals surface area contributed by atoms with Gasteiger partial charge in [0, 0.05) is 18.0 Å². The number of hydrogen-bond acceptors (Lipinski definition) is 5. The Morgan fingerprint density at radius 1 is 0.903 bits per heavy atom. The maximum Gasteiger partial charge on any atom is 0.252 e. The van der Waals surface area contributed by atoms with Crippen molar-refractivity contribution in [2.24, 2.45) is 0 Å². The van der Waals surface area contributed by atoms with Crippen molar-refractivity contribution in [3.05, 3.63) is 95.6 Å². The maximum atomic E-state index is 13.0. The first-order chi connectivity index (χ1) is 15.3. The van der Waals surface area contributed by atoms with Crippen LogP contribution in [-0.4, -0.2) is 17.7 Å². The molecule has 0 atom stereocenters. The number of hydrogen-bond donors (Lipinski definition) is 1. The van der Waals surface area contributed by atoms with Gasteiger partial charge in [-0.15, -0.1) is 0 Å². The predicted octanol–water partition coefficient (Wildman–Crippen LogP) is 4.47. The summed E-state index contributed by atoms with van der Waals surface area (Å²) in [6.45, 7) is 0.969. The fourth-order valence-corrected chi connectivity index (χ4v) is 3.47. The Morgan fingerprint density at radius 2 is 1.71 bits per heavy atom. The quantitative estimate of drug-likeness (QED) is 0.506. The number of nitrogens with zero attached hydrogens (tertiary/aromatic N) is 1. The number of ether oxygens (including phenoxy) is 3. The van der Waals surface area contributed by atoms with E-state index in [9.17, 15) is 4.79 Å². The molecule has 0 spiro atoms. The van der Waals surface area contributed by atoms with Gasteiger partial charge in [-0.05, 0) is 29.3 Å². The summed E-state index contributed by atoms with van der Waals surface area (Å²) in [5, 5.41) is 3.76. The van der Waals surface area contributed by atoms with E-state index in [0.717, 1.165) is 22.3 Å². The highest BCUT2D eigenvalue weighted by atomic mass is 16.7. The van der Waals surface area contributed by atoms with Gasteiger partial charge in [0.25, 0.3) is 5.91 Å². The molecule has 0 radical (unpaired) electrons. The lowest BCUT2D eigenvalue weighted by molar-refractivity contribution is 0.0952. The number of fused-ring (bicyclic) bond motifs is 2. The van der Waals surface area contributed by atoms with Crippen molar-refractivity contribution in [2.75, 3.05) is 6.79 Å². The molecule has 1 aliphatic heterocycles. The SMILES string of the molecule is O=C(NCc1ccc2c(c1)OCO2)c1cc(OCc2ccccc2)nc2ccccc12. The molecule has 2 heterocycles. The third-order valence-corrected chi connectivity index (χ3v) is 5.06. The van der Waals surface area contributed by atoms with E-state index in [2.05, 4.69) is 10.3 Å². The van der Waals surface area contributed by atoms with Crippen LogP contribution in [0.3, 0.4) is 0 Å². The monoisotopic (exact) mass is 412 g/mol. The van der Waals surface area contributed by atoms with E-state index in [0.29, 0.717) is 35.9 Å². The highest BCUT2D eigenvalue weighted by Gasteiger charge is 2.16. The number of benzene rings is 3. The molecule has 4 aromatic rings. The number of rotatable bonds is 6. The first kappa shape index (κ1) is 18.9. The Bertz CT molecular complexity index is 1240. The molecule has 6 nitrogen and oxygen atoms in total. The topological polar surface area (TPSA) is 69.7 Å². The first-order valence-corrected chi connectivity index (χ1v) is 9.99. The van der Waals surface area contributed by atoms with E-state index in [1.165, 1.54) is 0 Å². The van der Waals surface area contributed by atoms with Gasteiger partial charge in [0.15, 0.2) is 11.5 Å². The van der Waals surface area contributed by atoms with Crippen LogP contribution < -0.4 is 19.5 Å². The van der Waals surface area contributed by atoms with Gasteiger partial charge in [-0.1, -0.05) is 54.6 Å². The van der Waals surface area contributed by atoms with E-state index in [1.54, 1.807) is 6.07 Å². The van der Waals surface area contributed by atoms with Crippen LogP contribution in [-0.2, 0) is 13.2 Å². The summed E-state index contributed by atoms with van der Waals surface area (Å²) >= 11 is 0. The van der Waals surface area contributed by atoms with E-state index in [-0.39, 0.29) is 12.7 Å². The third kappa shape index (κ3) is 4.14. The molecule has 154 valence electrons. The second-order valence-electron chi connectivity index (χ2n) is 7.17. The van der Waals surface area contributed by atoms with Crippen molar-refractivity contribution < 1.29 is 19.0 Å². The average molecular weight is 412 g/mol. The van der Waals surface area contributed by atoms with E-state index in [4.69, 9.17) is 14.2 Å². The van der Waals surface area contributed by atoms with Crippen LogP contribution in [0.5, 0.6) is 17.4 Å². The van der Waals surface area contributed by atoms with Crippen molar-refractivity contribution in [1.29, 1.82) is 0 Å². The van der Waals surface area contributed by atoms with Gasteiger partial charge in [-0.3, -0.25) is 4.79 Å². The molecule has 3 aromatic carbocycles. The van der Waals surface area contributed by atoms with Crippen LogP contribution in [0, 0.1) is 0 Å². The predicted molar refractivity (Wildman–Crippen MR) is 116 cm³/mol. The van der Waals surface area contributed by atoms with Crippen LogP contribution >= 0.6 is 0 Å². The zero-order chi connectivity index (χ0) is 21.0. The molecule has 0 aliphatic carbocycles. The molecule has 1 aromatic heterocycles. The molecule has 0 fully saturated rings. The van der Waals surface area contributed by atoms with E-state index in [1.807, 2.05) is 72.8 Å². The maximum absolute atomic E-state index is 13.0. The van der Waals surface area contributed by atoms with Crippen molar-refractivity contribution in [3.8, 4) is 17.4 Å².